The molecule has 2 heterocycles. The third kappa shape index (κ3) is 9.59. The summed E-state index contributed by atoms with van der Waals surface area (Å²) in [5.41, 5.74) is 1.60. The number of hydrogen-bond acceptors (Lipinski definition) is 9. The first-order valence-electron chi connectivity index (χ1n) is 18.3. The number of ether oxygens (including phenoxy) is 2. The number of benzene rings is 1. The van der Waals surface area contributed by atoms with Crippen LogP contribution in [0.15, 0.2) is 17.3 Å². The second-order valence-corrected chi connectivity index (χ2v) is 15.8. The van der Waals surface area contributed by atoms with E-state index in [-0.39, 0.29) is 31.3 Å². The van der Waals surface area contributed by atoms with Crippen molar-refractivity contribution in [2.24, 2.45) is 16.5 Å². The van der Waals surface area contributed by atoms with Gasteiger partial charge in [-0.05, 0) is 81.5 Å². The molecule has 0 radical (unpaired) electrons. The van der Waals surface area contributed by atoms with Gasteiger partial charge >= 0.3 is 6.09 Å². The number of nitrogens with one attached hydrogen (secondary N) is 3. The fourth-order valence-corrected chi connectivity index (χ4v) is 6.51. The van der Waals surface area contributed by atoms with E-state index in [4.69, 9.17) is 14.3 Å². The first-order valence-corrected chi connectivity index (χ1v) is 18.3. The summed E-state index contributed by atoms with van der Waals surface area (Å²) in [6.07, 6.45) is 1.69. The molecule has 4 amide bonds. The maximum atomic E-state index is 14.6. The van der Waals surface area contributed by atoms with Crippen LogP contribution in [0.3, 0.4) is 0 Å². The Bertz CT molecular complexity index is 1510. The summed E-state index contributed by atoms with van der Waals surface area (Å²) in [5.74, 6) is -1.65. The summed E-state index contributed by atoms with van der Waals surface area (Å²) in [6.45, 7) is 19.4. The Balaban J connectivity index is 1.63. The van der Waals surface area contributed by atoms with E-state index in [2.05, 4.69) is 21.1 Å². The van der Waals surface area contributed by atoms with E-state index in [0.717, 1.165) is 35.3 Å². The molecule has 282 valence electrons. The highest BCUT2D eigenvalue weighted by molar-refractivity contribution is 6.38. The van der Waals surface area contributed by atoms with Crippen LogP contribution in [-0.4, -0.2) is 89.2 Å². The largest absolute Gasteiger partial charge is 0.493 e. The smallest absolute Gasteiger partial charge is 0.408 e. The molecule has 0 aromatic heterocycles. The van der Waals surface area contributed by atoms with E-state index < -0.39 is 64.8 Å². The molecule has 0 bridgehead atoms. The van der Waals surface area contributed by atoms with Gasteiger partial charge in [-0.1, -0.05) is 53.1 Å². The molecule has 13 heteroatoms. The van der Waals surface area contributed by atoms with Crippen molar-refractivity contribution in [3.05, 3.63) is 28.8 Å². The molecule has 4 rings (SSSR count). The number of carbonyl (C=O) groups is 5. The maximum Gasteiger partial charge on any atom is 0.408 e. The number of ketones is 1. The summed E-state index contributed by atoms with van der Waals surface area (Å²) >= 11 is 0. The Hall–Kier alpha value is -4.16. The van der Waals surface area contributed by atoms with Gasteiger partial charge in [0.25, 0.3) is 5.91 Å². The SMILES string of the molecule is CCC[C@H](NC(=O)[C@@H]1C[C@]2(CC(c3cc(C)c(OCC)c(C)c3)=NO2)CN1C(=O)[C@@H](NC(=O)OC(C)C(C)C)C(C)(C)C)C(=O)C(=O)NC1CC1. The van der Waals surface area contributed by atoms with Gasteiger partial charge in [-0.25, -0.2) is 4.79 Å². The van der Waals surface area contributed by atoms with Crippen molar-refractivity contribution in [1.29, 1.82) is 0 Å². The van der Waals surface area contributed by atoms with Crippen molar-refractivity contribution in [2.45, 2.75) is 144 Å². The third-order valence-electron chi connectivity index (χ3n) is 9.86. The minimum Gasteiger partial charge on any atom is -0.493 e. The Morgan fingerprint density at radius 1 is 1.04 bits per heavy atom. The van der Waals surface area contributed by atoms with Gasteiger partial charge in [-0.3, -0.25) is 19.2 Å². The van der Waals surface area contributed by atoms with Crippen LogP contribution < -0.4 is 20.7 Å². The minimum atomic E-state index is -1.08. The number of aryl methyl sites for hydroxylation is 2. The molecule has 1 aromatic carbocycles. The Labute approximate surface area is 301 Å². The fraction of sp³-hybridized carbons (Fsp3) is 0.684. The van der Waals surface area contributed by atoms with Crippen LogP contribution in [0.1, 0.15) is 111 Å². The molecule has 1 saturated carbocycles. The number of oxime groups is 1. The van der Waals surface area contributed by atoms with Crippen molar-refractivity contribution < 1.29 is 38.3 Å². The van der Waals surface area contributed by atoms with Crippen LogP contribution in [0.5, 0.6) is 5.75 Å². The fourth-order valence-electron chi connectivity index (χ4n) is 6.51. The molecular weight excluding hydrogens is 654 g/mol. The van der Waals surface area contributed by atoms with Gasteiger partial charge in [0, 0.05) is 24.4 Å². The summed E-state index contributed by atoms with van der Waals surface area (Å²) in [5, 5.41) is 12.7. The van der Waals surface area contributed by atoms with Crippen molar-refractivity contribution in [2.75, 3.05) is 13.2 Å². The number of likely N-dealkylation sites (tertiary alicyclic amines) is 1. The van der Waals surface area contributed by atoms with Gasteiger partial charge in [0.15, 0.2) is 5.60 Å². The van der Waals surface area contributed by atoms with Gasteiger partial charge in [-0.15, -0.1) is 0 Å². The van der Waals surface area contributed by atoms with Crippen molar-refractivity contribution in [3.63, 3.8) is 0 Å². The van der Waals surface area contributed by atoms with Crippen LogP contribution in [0.2, 0.25) is 0 Å². The lowest BCUT2D eigenvalue weighted by Crippen LogP contribution is -2.59. The number of hydrogen-bond donors (Lipinski definition) is 3. The lowest BCUT2D eigenvalue weighted by atomic mass is 9.85. The normalized spacial score (nSPS) is 21.7. The van der Waals surface area contributed by atoms with Crippen LogP contribution in [-0.2, 0) is 28.8 Å². The number of rotatable bonds is 14. The van der Waals surface area contributed by atoms with Crippen LogP contribution in [0.4, 0.5) is 4.79 Å². The van der Waals surface area contributed by atoms with E-state index >= 15 is 0 Å². The van der Waals surface area contributed by atoms with Crippen LogP contribution in [0.25, 0.3) is 0 Å². The predicted octanol–water partition coefficient (Wildman–Crippen LogP) is 4.48. The van der Waals surface area contributed by atoms with Crippen molar-refractivity contribution in [3.8, 4) is 5.75 Å². The molecule has 2 aliphatic heterocycles. The lowest BCUT2D eigenvalue weighted by Gasteiger charge is -2.35. The molecular formula is C38H57N5O8. The van der Waals surface area contributed by atoms with Gasteiger partial charge in [-0.2, -0.15) is 0 Å². The number of amides is 4. The second-order valence-electron chi connectivity index (χ2n) is 15.8. The molecule has 1 aliphatic carbocycles. The number of nitrogens with zero attached hydrogens (tertiary/aromatic N) is 2. The zero-order valence-corrected chi connectivity index (χ0v) is 31.9. The first-order chi connectivity index (χ1) is 23.9. The van der Waals surface area contributed by atoms with E-state index in [9.17, 15) is 24.0 Å². The summed E-state index contributed by atoms with van der Waals surface area (Å²) < 4.78 is 11.4. The molecule has 1 saturated heterocycles. The highest BCUT2D eigenvalue weighted by Crippen LogP contribution is 2.41. The monoisotopic (exact) mass is 711 g/mol. The zero-order chi connectivity index (χ0) is 37.8. The van der Waals surface area contributed by atoms with Crippen molar-refractivity contribution >= 4 is 35.3 Å². The Morgan fingerprint density at radius 3 is 2.24 bits per heavy atom. The molecule has 13 nitrogen and oxygen atoms in total. The van der Waals surface area contributed by atoms with E-state index in [1.54, 1.807) is 6.92 Å². The van der Waals surface area contributed by atoms with Crippen LogP contribution >= 0.6 is 0 Å². The van der Waals surface area contributed by atoms with Gasteiger partial charge < -0.3 is 35.2 Å². The topological polar surface area (TPSA) is 165 Å². The molecule has 5 atom stereocenters. The highest BCUT2D eigenvalue weighted by atomic mass is 16.7. The Kier molecular flexibility index (Phi) is 12.4. The predicted molar refractivity (Wildman–Crippen MR) is 192 cm³/mol. The average Bonchev–Trinajstić information content (AvgIpc) is 3.64. The molecule has 3 N–H and O–H groups in total. The average molecular weight is 712 g/mol. The zero-order valence-electron chi connectivity index (χ0n) is 31.9. The Morgan fingerprint density at radius 2 is 1.69 bits per heavy atom. The molecule has 51 heavy (non-hydrogen) atoms. The summed E-state index contributed by atoms with van der Waals surface area (Å²) in [4.78, 5) is 75.3. The minimum absolute atomic E-state index is 0.00613. The number of alkyl carbamates (subject to hydrolysis) is 1. The third-order valence-corrected chi connectivity index (χ3v) is 9.86. The van der Waals surface area contributed by atoms with E-state index in [0.29, 0.717) is 25.2 Å². The quantitative estimate of drug-likeness (QED) is 0.238. The molecule has 1 unspecified atom stereocenters. The van der Waals surface area contributed by atoms with Crippen molar-refractivity contribution in [1.82, 2.24) is 20.9 Å². The van der Waals surface area contributed by atoms with Gasteiger partial charge in [0.1, 0.15) is 23.9 Å². The van der Waals surface area contributed by atoms with Gasteiger partial charge in [0.05, 0.1) is 24.9 Å². The second kappa shape index (κ2) is 16.0. The summed E-state index contributed by atoms with van der Waals surface area (Å²) in [6, 6.07) is 0.745. The summed E-state index contributed by atoms with van der Waals surface area (Å²) in [7, 11) is 0. The van der Waals surface area contributed by atoms with Crippen LogP contribution in [0, 0.1) is 25.2 Å². The van der Waals surface area contributed by atoms with E-state index in [1.807, 2.05) is 74.4 Å². The lowest BCUT2D eigenvalue weighted by molar-refractivity contribution is -0.144. The maximum absolute atomic E-state index is 14.6. The van der Waals surface area contributed by atoms with Gasteiger partial charge in [0.2, 0.25) is 17.6 Å². The number of Topliss-reactive ketones (excluding diaryl/α,β-unsaturated/α-hetero) is 1. The first kappa shape index (κ1) is 39.6. The molecule has 2 fully saturated rings. The molecule has 1 spiro atoms. The molecule has 3 aliphatic rings. The molecule has 1 aromatic rings. The standard InChI is InChI=1S/C38H57N5O8/c1-11-13-27(30(44)34(46)39-26-14-15-26)40-33(45)29-19-38(18-28(42-51-38)25-16-22(5)31(49-12-2)23(6)17-25)20-43(29)35(47)32(37(8,9)10)41-36(48)50-24(7)21(3)4/h16-17,21,24,26-27,29,32H,11-15,18-20H2,1-10H3,(H,39,46)(H,40,45)(H,41,48)/t24?,27-,29-,32+,38+/m0/s1. The number of carbonyl (C=O) groups excluding carboxylic acids is 5. The van der Waals surface area contributed by atoms with E-state index in [1.165, 1.54) is 4.90 Å². The highest BCUT2D eigenvalue weighted by Gasteiger charge is 2.56.